The van der Waals surface area contributed by atoms with Crippen molar-refractivity contribution in [2.75, 3.05) is 39.8 Å². The molecular formula is C14H24N2O. The SMILES string of the molecule is CNC(CCCOC)c1cccc(N(C)C)c1. The average Bonchev–Trinajstić information content (AvgIpc) is 2.35. The van der Waals surface area contributed by atoms with Gasteiger partial charge in [-0.3, -0.25) is 0 Å². The monoisotopic (exact) mass is 236 g/mol. The second kappa shape index (κ2) is 7.30. The summed E-state index contributed by atoms with van der Waals surface area (Å²) in [6, 6.07) is 9.08. The number of benzene rings is 1. The maximum absolute atomic E-state index is 5.10. The highest BCUT2D eigenvalue weighted by atomic mass is 16.5. The summed E-state index contributed by atoms with van der Waals surface area (Å²) in [4.78, 5) is 2.13. The Balaban J connectivity index is 2.70. The number of hydrogen-bond acceptors (Lipinski definition) is 3. The van der Waals surface area contributed by atoms with Crippen LogP contribution in [0.3, 0.4) is 0 Å². The molecule has 1 rings (SSSR count). The molecule has 17 heavy (non-hydrogen) atoms. The quantitative estimate of drug-likeness (QED) is 0.736. The zero-order valence-electron chi connectivity index (χ0n) is 11.4. The minimum Gasteiger partial charge on any atom is -0.385 e. The van der Waals surface area contributed by atoms with Gasteiger partial charge in [-0.2, -0.15) is 0 Å². The molecule has 1 aromatic rings. The van der Waals surface area contributed by atoms with Crippen LogP contribution in [0.15, 0.2) is 24.3 Å². The van der Waals surface area contributed by atoms with Gasteiger partial charge in [0.25, 0.3) is 0 Å². The highest BCUT2D eigenvalue weighted by molar-refractivity contribution is 5.47. The summed E-state index contributed by atoms with van der Waals surface area (Å²) in [6.45, 7) is 0.825. The van der Waals surface area contributed by atoms with E-state index in [1.807, 2.05) is 7.05 Å². The Morgan fingerprint density at radius 3 is 2.71 bits per heavy atom. The van der Waals surface area contributed by atoms with Crippen molar-refractivity contribution in [2.24, 2.45) is 0 Å². The third-order valence-electron chi connectivity index (χ3n) is 2.98. The molecule has 0 saturated carbocycles. The zero-order valence-corrected chi connectivity index (χ0v) is 11.4. The Labute approximate surface area is 105 Å². The van der Waals surface area contributed by atoms with Crippen LogP contribution in [-0.2, 0) is 4.74 Å². The molecule has 1 atom stereocenters. The van der Waals surface area contributed by atoms with Crippen molar-refractivity contribution in [3.63, 3.8) is 0 Å². The predicted molar refractivity (Wildman–Crippen MR) is 73.7 cm³/mol. The molecule has 3 nitrogen and oxygen atoms in total. The first kappa shape index (κ1) is 14.0. The molecule has 0 saturated heterocycles. The van der Waals surface area contributed by atoms with Gasteiger partial charge in [-0.1, -0.05) is 12.1 Å². The van der Waals surface area contributed by atoms with Crippen LogP contribution in [0.4, 0.5) is 5.69 Å². The third kappa shape index (κ3) is 4.36. The van der Waals surface area contributed by atoms with Gasteiger partial charge in [0, 0.05) is 39.5 Å². The third-order valence-corrected chi connectivity index (χ3v) is 2.98. The molecule has 96 valence electrons. The number of rotatable bonds is 7. The minimum absolute atomic E-state index is 0.407. The summed E-state index contributed by atoms with van der Waals surface area (Å²) in [7, 11) is 7.90. The van der Waals surface area contributed by atoms with E-state index >= 15 is 0 Å². The lowest BCUT2D eigenvalue weighted by Crippen LogP contribution is -2.17. The Bertz CT molecular complexity index is 326. The molecule has 0 aliphatic rings. The van der Waals surface area contributed by atoms with Crippen molar-refractivity contribution < 1.29 is 4.74 Å². The topological polar surface area (TPSA) is 24.5 Å². The number of hydrogen-bond donors (Lipinski definition) is 1. The van der Waals surface area contributed by atoms with Crippen molar-refractivity contribution >= 4 is 5.69 Å². The molecule has 0 bridgehead atoms. The number of ether oxygens (including phenoxy) is 1. The van der Waals surface area contributed by atoms with E-state index in [9.17, 15) is 0 Å². The molecule has 1 unspecified atom stereocenters. The maximum Gasteiger partial charge on any atom is 0.0462 e. The minimum atomic E-state index is 0.407. The zero-order chi connectivity index (χ0) is 12.7. The Hall–Kier alpha value is -1.06. The predicted octanol–water partition coefficient (Wildman–Crippen LogP) is 2.44. The summed E-state index contributed by atoms with van der Waals surface area (Å²) < 4.78 is 5.10. The standard InChI is InChI=1S/C14H24N2O/c1-15-14(9-6-10-17-4)12-7-5-8-13(11-12)16(2)3/h5,7-8,11,14-15H,6,9-10H2,1-4H3. The molecule has 0 aromatic heterocycles. The van der Waals surface area contributed by atoms with Crippen LogP contribution in [0.5, 0.6) is 0 Å². The molecule has 0 amide bonds. The van der Waals surface area contributed by atoms with Crippen LogP contribution in [0, 0.1) is 0 Å². The molecule has 0 aliphatic heterocycles. The highest BCUT2D eigenvalue weighted by Crippen LogP contribution is 2.22. The summed E-state index contributed by atoms with van der Waals surface area (Å²) in [5.74, 6) is 0. The molecule has 0 fully saturated rings. The number of nitrogens with one attached hydrogen (secondary N) is 1. The highest BCUT2D eigenvalue weighted by Gasteiger charge is 2.09. The second-order valence-electron chi connectivity index (χ2n) is 4.47. The summed E-state index contributed by atoms with van der Waals surface area (Å²) >= 11 is 0. The Morgan fingerprint density at radius 1 is 1.35 bits per heavy atom. The number of anilines is 1. The van der Waals surface area contributed by atoms with Gasteiger partial charge in [-0.25, -0.2) is 0 Å². The maximum atomic E-state index is 5.10. The fraction of sp³-hybridized carbons (Fsp3) is 0.571. The van der Waals surface area contributed by atoms with Crippen molar-refractivity contribution in [1.29, 1.82) is 0 Å². The van der Waals surface area contributed by atoms with Crippen molar-refractivity contribution in [3.05, 3.63) is 29.8 Å². The lowest BCUT2D eigenvalue weighted by molar-refractivity contribution is 0.189. The fourth-order valence-corrected chi connectivity index (χ4v) is 1.93. The van der Waals surface area contributed by atoms with E-state index in [1.54, 1.807) is 7.11 Å². The van der Waals surface area contributed by atoms with E-state index in [4.69, 9.17) is 4.74 Å². The van der Waals surface area contributed by atoms with Crippen LogP contribution < -0.4 is 10.2 Å². The van der Waals surface area contributed by atoms with Gasteiger partial charge >= 0.3 is 0 Å². The van der Waals surface area contributed by atoms with Crippen molar-refractivity contribution in [3.8, 4) is 0 Å². The fourth-order valence-electron chi connectivity index (χ4n) is 1.93. The molecule has 0 aliphatic carbocycles. The first-order valence-corrected chi connectivity index (χ1v) is 6.12. The molecule has 1 aromatic carbocycles. The molecule has 1 N–H and O–H groups in total. The van der Waals surface area contributed by atoms with Crippen LogP contribution >= 0.6 is 0 Å². The van der Waals surface area contributed by atoms with Gasteiger partial charge in [0.2, 0.25) is 0 Å². The summed E-state index contributed by atoms with van der Waals surface area (Å²) in [5, 5.41) is 3.37. The molecule has 0 heterocycles. The van der Waals surface area contributed by atoms with E-state index in [-0.39, 0.29) is 0 Å². The van der Waals surface area contributed by atoms with Gasteiger partial charge < -0.3 is 15.0 Å². The first-order chi connectivity index (χ1) is 8.19. The van der Waals surface area contributed by atoms with Crippen LogP contribution in [0.2, 0.25) is 0 Å². The van der Waals surface area contributed by atoms with Crippen molar-refractivity contribution in [2.45, 2.75) is 18.9 Å². The van der Waals surface area contributed by atoms with Gasteiger partial charge in [0.15, 0.2) is 0 Å². The molecule has 3 heteroatoms. The van der Waals surface area contributed by atoms with Gasteiger partial charge in [0.1, 0.15) is 0 Å². The van der Waals surface area contributed by atoms with Gasteiger partial charge in [-0.05, 0) is 37.6 Å². The Kier molecular flexibility index (Phi) is 6.01. The molecule has 0 spiro atoms. The van der Waals surface area contributed by atoms with Crippen LogP contribution in [0.1, 0.15) is 24.4 Å². The van der Waals surface area contributed by atoms with E-state index in [2.05, 4.69) is 48.6 Å². The van der Waals surface area contributed by atoms with Gasteiger partial charge in [-0.15, -0.1) is 0 Å². The molecule has 0 radical (unpaired) electrons. The average molecular weight is 236 g/mol. The molecular weight excluding hydrogens is 212 g/mol. The smallest absolute Gasteiger partial charge is 0.0462 e. The van der Waals surface area contributed by atoms with E-state index in [0.29, 0.717) is 6.04 Å². The van der Waals surface area contributed by atoms with E-state index in [0.717, 1.165) is 19.4 Å². The first-order valence-electron chi connectivity index (χ1n) is 6.12. The largest absolute Gasteiger partial charge is 0.385 e. The van der Waals surface area contributed by atoms with Crippen molar-refractivity contribution in [1.82, 2.24) is 5.32 Å². The van der Waals surface area contributed by atoms with Crippen LogP contribution in [-0.4, -0.2) is 34.9 Å². The second-order valence-corrected chi connectivity index (χ2v) is 4.47. The summed E-state index contributed by atoms with van der Waals surface area (Å²) in [5.41, 5.74) is 2.59. The van der Waals surface area contributed by atoms with Crippen LogP contribution in [0.25, 0.3) is 0 Å². The lowest BCUT2D eigenvalue weighted by Gasteiger charge is -2.19. The van der Waals surface area contributed by atoms with E-state index < -0.39 is 0 Å². The van der Waals surface area contributed by atoms with Gasteiger partial charge in [0.05, 0.1) is 0 Å². The number of nitrogens with zero attached hydrogens (tertiary/aromatic N) is 1. The number of methoxy groups -OCH3 is 1. The lowest BCUT2D eigenvalue weighted by atomic mass is 10.0. The Morgan fingerprint density at radius 2 is 2.12 bits per heavy atom. The summed E-state index contributed by atoms with van der Waals surface area (Å²) in [6.07, 6.45) is 2.18. The van der Waals surface area contributed by atoms with E-state index in [1.165, 1.54) is 11.3 Å². The normalized spacial score (nSPS) is 12.5.